The van der Waals surface area contributed by atoms with Gasteiger partial charge in [-0.15, -0.1) is 0 Å². The fourth-order valence-corrected chi connectivity index (χ4v) is 2.61. The SMILES string of the molecule is Cc1cc(F)cc(C2(O)CCCCCC2)c1. The molecule has 1 fully saturated rings. The van der Waals surface area contributed by atoms with Crippen LogP contribution < -0.4 is 0 Å². The quantitative estimate of drug-likeness (QED) is 0.719. The van der Waals surface area contributed by atoms with Crippen molar-refractivity contribution in [2.45, 2.75) is 51.0 Å². The maximum absolute atomic E-state index is 13.3. The largest absolute Gasteiger partial charge is 0.385 e. The predicted octanol–water partition coefficient (Wildman–Crippen LogP) is 3.68. The molecule has 0 amide bonds. The first-order valence-electron chi connectivity index (χ1n) is 6.10. The minimum Gasteiger partial charge on any atom is -0.385 e. The molecule has 1 nitrogen and oxygen atoms in total. The number of hydrogen-bond acceptors (Lipinski definition) is 1. The third-order valence-corrected chi connectivity index (χ3v) is 3.51. The fourth-order valence-electron chi connectivity index (χ4n) is 2.61. The molecule has 2 heteroatoms. The number of aryl methyl sites for hydroxylation is 1. The molecule has 1 aromatic rings. The summed E-state index contributed by atoms with van der Waals surface area (Å²) in [6.07, 6.45) is 5.94. The van der Waals surface area contributed by atoms with Gasteiger partial charge in [0.05, 0.1) is 5.60 Å². The van der Waals surface area contributed by atoms with E-state index in [0.717, 1.165) is 36.8 Å². The molecule has 0 atom stereocenters. The first-order valence-corrected chi connectivity index (χ1v) is 6.10. The number of aliphatic hydroxyl groups is 1. The summed E-state index contributed by atoms with van der Waals surface area (Å²) in [6, 6.07) is 4.90. The Morgan fingerprint density at radius 2 is 1.69 bits per heavy atom. The van der Waals surface area contributed by atoms with Crippen molar-refractivity contribution in [2.75, 3.05) is 0 Å². The van der Waals surface area contributed by atoms with E-state index in [2.05, 4.69) is 0 Å². The Bertz CT molecular complexity index is 345. The van der Waals surface area contributed by atoms with Gasteiger partial charge in [-0.2, -0.15) is 0 Å². The summed E-state index contributed by atoms with van der Waals surface area (Å²) in [7, 11) is 0. The van der Waals surface area contributed by atoms with Crippen LogP contribution in [-0.4, -0.2) is 5.11 Å². The van der Waals surface area contributed by atoms with Crippen molar-refractivity contribution in [3.8, 4) is 0 Å². The minimum atomic E-state index is -0.802. The second-order valence-electron chi connectivity index (χ2n) is 4.96. The molecule has 0 radical (unpaired) electrons. The number of rotatable bonds is 1. The standard InChI is InChI=1S/C14H19FO/c1-11-8-12(10-13(15)9-11)14(16)6-4-2-3-5-7-14/h8-10,16H,2-7H2,1H3. The van der Waals surface area contributed by atoms with Crippen LogP contribution in [0.15, 0.2) is 18.2 Å². The van der Waals surface area contributed by atoms with E-state index in [1.165, 1.54) is 25.0 Å². The molecule has 0 aliphatic heterocycles. The van der Waals surface area contributed by atoms with Gasteiger partial charge < -0.3 is 5.11 Å². The van der Waals surface area contributed by atoms with Gasteiger partial charge >= 0.3 is 0 Å². The molecular weight excluding hydrogens is 203 g/mol. The molecule has 1 aliphatic rings. The van der Waals surface area contributed by atoms with Gasteiger partial charge in [0.1, 0.15) is 5.82 Å². The van der Waals surface area contributed by atoms with Crippen molar-refractivity contribution in [2.24, 2.45) is 0 Å². The van der Waals surface area contributed by atoms with E-state index in [0.29, 0.717) is 0 Å². The molecule has 0 heterocycles. The van der Waals surface area contributed by atoms with Crippen molar-refractivity contribution >= 4 is 0 Å². The Morgan fingerprint density at radius 1 is 1.06 bits per heavy atom. The first kappa shape index (κ1) is 11.6. The highest BCUT2D eigenvalue weighted by Crippen LogP contribution is 2.36. The lowest BCUT2D eigenvalue weighted by Gasteiger charge is -2.27. The van der Waals surface area contributed by atoms with Crippen LogP contribution in [0.1, 0.15) is 49.7 Å². The molecule has 0 bridgehead atoms. The summed E-state index contributed by atoms with van der Waals surface area (Å²) in [6.45, 7) is 1.87. The number of hydrogen-bond donors (Lipinski definition) is 1. The van der Waals surface area contributed by atoms with Gasteiger partial charge in [-0.3, -0.25) is 0 Å². The van der Waals surface area contributed by atoms with E-state index < -0.39 is 5.60 Å². The highest BCUT2D eigenvalue weighted by molar-refractivity contribution is 5.28. The number of halogens is 1. The summed E-state index contributed by atoms with van der Waals surface area (Å²) in [4.78, 5) is 0. The molecule has 0 unspecified atom stereocenters. The van der Waals surface area contributed by atoms with Gasteiger partial charge in [0, 0.05) is 0 Å². The lowest BCUT2D eigenvalue weighted by atomic mass is 9.86. The van der Waals surface area contributed by atoms with Crippen molar-refractivity contribution in [3.63, 3.8) is 0 Å². The van der Waals surface area contributed by atoms with Crippen molar-refractivity contribution < 1.29 is 9.50 Å². The Morgan fingerprint density at radius 3 is 2.25 bits per heavy atom. The maximum atomic E-state index is 13.3. The second-order valence-corrected chi connectivity index (χ2v) is 4.96. The topological polar surface area (TPSA) is 20.2 Å². The van der Waals surface area contributed by atoms with Gasteiger partial charge in [0.2, 0.25) is 0 Å². The zero-order chi connectivity index (χ0) is 11.6. The van der Waals surface area contributed by atoms with Crippen molar-refractivity contribution in [3.05, 3.63) is 35.1 Å². The lowest BCUT2D eigenvalue weighted by molar-refractivity contribution is 0.0204. The second kappa shape index (κ2) is 4.54. The van der Waals surface area contributed by atoms with Gasteiger partial charge in [0.15, 0.2) is 0 Å². The van der Waals surface area contributed by atoms with E-state index >= 15 is 0 Å². The third kappa shape index (κ3) is 2.43. The van der Waals surface area contributed by atoms with Crippen LogP contribution in [0.3, 0.4) is 0 Å². The van der Waals surface area contributed by atoms with Crippen molar-refractivity contribution in [1.82, 2.24) is 0 Å². The smallest absolute Gasteiger partial charge is 0.123 e. The van der Waals surface area contributed by atoms with Gasteiger partial charge in [-0.1, -0.05) is 31.7 Å². The highest BCUT2D eigenvalue weighted by Gasteiger charge is 2.30. The normalized spacial score (nSPS) is 20.4. The van der Waals surface area contributed by atoms with Crippen LogP contribution >= 0.6 is 0 Å². The van der Waals surface area contributed by atoms with E-state index in [1.54, 1.807) is 0 Å². The molecule has 0 spiro atoms. The van der Waals surface area contributed by atoms with Crippen LogP contribution in [0.5, 0.6) is 0 Å². The summed E-state index contributed by atoms with van der Waals surface area (Å²) in [5.74, 6) is -0.243. The Hall–Kier alpha value is -0.890. The molecular formula is C14H19FO. The number of benzene rings is 1. The average Bonchev–Trinajstić information content (AvgIpc) is 2.43. The Labute approximate surface area is 96.3 Å². The predicted molar refractivity (Wildman–Crippen MR) is 62.7 cm³/mol. The summed E-state index contributed by atoms with van der Waals surface area (Å²) < 4.78 is 13.3. The molecule has 88 valence electrons. The maximum Gasteiger partial charge on any atom is 0.123 e. The van der Waals surface area contributed by atoms with Gasteiger partial charge in [0.25, 0.3) is 0 Å². The molecule has 1 saturated carbocycles. The minimum absolute atomic E-state index is 0.243. The van der Waals surface area contributed by atoms with E-state index in [1.807, 2.05) is 13.0 Å². The average molecular weight is 222 g/mol. The molecule has 0 aromatic heterocycles. The molecule has 16 heavy (non-hydrogen) atoms. The Kier molecular flexibility index (Phi) is 3.29. The first-order chi connectivity index (χ1) is 7.60. The lowest BCUT2D eigenvalue weighted by Crippen LogP contribution is -2.24. The molecule has 1 aromatic carbocycles. The van der Waals surface area contributed by atoms with Gasteiger partial charge in [-0.05, 0) is 43.0 Å². The van der Waals surface area contributed by atoms with E-state index in [9.17, 15) is 9.50 Å². The summed E-state index contributed by atoms with van der Waals surface area (Å²) in [5.41, 5.74) is 0.836. The van der Waals surface area contributed by atoms with Crippen LogP contribution in [0.2, 0.25) is 0 Å². The molecule has 1 aliphatic carbocycles. The monoisotopic (exact) mass is 222 g/mol. The van der Waals surface area contributed by atoms with E-state index in [-0.39, 0.29) is 5.82 Å². The highest BCUT2D eigenvalue weighted by atomic mass is 19.1. The van der Waals surface area contributed by atoms with Gasteiger partial charge in [-0.25, -0.2) is 4.39 Å². The van der Waals surface area contributed by atoms with Crippen LogP contribution in [0.4, 0.5) is 4.39 Å². The molecule has 2 rings (SSSR count). The van der Waals surface area contributed by atoms with Crippen molar-refractivity contribution in [1.29, 1.82) is 0 Å². The molecule has 1 N–H and O–H groups in total. The Balaban J connectivity index is 2.32. The fraction of sp³-hybridized carbons (Fsp3) is 0.571. The summed E-state index contributed by atoms with van der Waals surface area (Å²) in [5, 5.41) is 10.6. The van der Waals surface area contributed by atoms with Crippen LogP contribution in [0, 0.1) is 12.7 Å². The van der Waals surface area contributed by atoms with E-state index in [4.69, 9.17) is 0 Å². The molecule has 0 saturated heterocycles. The van der Waals surface area contributed by atoms with Crippen LogP contribution in [0.25, 0.3) is 0 Å². The van der Waals surface area contributed by atoms with Crippen LogP contribution in [-0.2, 0) is 5.60 Å². The third-order valence-electron chi connectivity index (χ3n) is 3.51. The zero-order valence-electron chi connectivity index (χ0n) is 9.80. The zero-order valence-corrected chi connectivity index (χ0v) is 9.80. The summed E-state index contributed by atoms with van der Waals surface area (Å²) >= 11 is 0.